The molecule has 2 unspecified atom stereocenters. The number of benzene rings is 1. The topological polar surface area (TPSA) is 63.6 Å². The normalized spacial score (nSPS) is 14.3. The van der Waals surface area contributed by atoms with Crippen molar-refractivity contribution in [2.75, 3.05) is 0 Å². The first-order valence-corrected chi connectivity index (χ1v) is 8.40. The summed E-state index contributed by atoms with van der Waals surface area (Å²) in [4.78, 5) is 23.2. The van der Waals surface area contributed by atoms with Crippen molar-refractivity contribution in [2.24, 2.45) is 5.92 Å². The Hall–Kier alpha value is -2.10. The number of carboxylic acid groups (broad SMARTS) is 1. The number of hydrogen-bond donors (Lipinski definition) is 1. The third-order valence-corrected chi connectivity index (χ3v) is 3.76. The number of esters is 1. The zero-order chi connectivity index (χ0) is 18.2. The summed E-state index contributed by atoms with van der Waals surface area (Å²) in [5, 5.41) is 9.47. The molecule has 0 spiro atoms. The number of aliphatic carboxylic acids is 1. The predicted octanol–water partition coefficient (Wildman–Crippen LogP) is 4.56. The lowest BCUT2D eigenvalue weighted by molar-refractivity contribution is -0.148. The highest BCUT2D eigenvalue weighted by molar-refractivity contribution is 5.82. The van der Waals surface area contributed by atoms with Crippen LogP contribution in [0.5, 0.6) is 0 Å². The van der Waals surface area contributed by atoms with E-state index in [2.05, 4.69) is 6.92 Å². The minimum absolute atomic E-state index is 0.197. The maximum atomic E-state index is 11.7. The first kappa shape index (κ1) is 19.9. The van der Waals surface area contributed by atoms with E-state index in [-0.39, 0.29) is 5.92 Å². The second-order valence-electron chi connectivity index (χ2n) is 6.96. The van der Waals surface area contributed by atoms with Crippen molar-refractivity contribution in [2.45, 2.75) is 58.5 Å². The van der Waals surface area contributed by atoms with Crippen molar-refractivity contribution in [3.05, 3.63) is 48.0 Å². The summed E-state index contributed by atoms with van der Waals surface area (Å²) >= 11 is 0. The van der Waals surface area contributed by atoms with Crippen LogP contribution < -0.4 is 0 Å². The molecule has 0 radical (unpaired) electrons. The molecule has 132 valence electrons. The zero-order valence-corrected chi connectivity index (χ0v) is 15.0. The lowest BCUT2D eigenvalue weighted by Gasteiger charge is -2.20. The summed E-state index contributed by atoms with van der Waals surface area (Å²) in [6, 6.07) is 9.95. The van der Waals surface area contributed by atoms with Crippen molar-refractivity contribution in [3.8, 4) is 0 Å². The molecule has 0 aliphatic carbocycles. The average Bonchev–Trinajstić information content (AvgIpc) is 2.49. The second-order valence-corrected chi connectivity index (χ2v) is 6.96. The van der Waals surface area contributed by atoms with Crippen LogP contribution in [0.3, 0.4) is 0 Å². The van der Waals surface area contributed by atoms with E-state index < -0.39 is 23.5 Å². The van der Waals surface area contributed by atoms with E-state index in [4.69, 9.17) is 4.74 Å². The van der Waals surface area contributed by atoms with Crippen molar-refractivity contribution < 1.29 is 19.4 Å². The fourth-order valence-electron chi connectivity index (χ4n) is 2.57. The van der Waals surface area contributed by atoms with E-state index in [1.165, 1.54) is 6.08 Å². The Morgan fingerprint density at radius 1 is 1.21 bits per heavy atom. The molecule has 1 rings (SSSR count). The van der Waals surface area contributed by atoms with Crippen LogP contribution in [0, 0.1) is 5.92 Å². The zero-order valence-electron chi connectivity index (χ0n) is 15.0. The molecule has 4 nitrogen and oxygen atoms in total. The lowest BCUT2D eigenvalue weighted by atomic mass is 9.85. The minimum Gasteiger partial charge on any atom is -0.481 e. The van der Waals surface area contributed by atoms with Gasteiger partial charge in [0.1, 0.15) is 5.60 Å². The van der Waals surface area contributed by atoms with E-state index >= 15 is 0 Å². The molecule has 0 amide bonds. The maximum Gasteiger partial charge on any atom is 0.330 e. The molecule has 0 saturated heterocycles. The first-order valence-electron chi connectivity index (χ1n) is 8.40. The van der Waals surface area contributed by atoms with Gasteiger partial charge in [-0.1, -0.05) is 43.3 Å². The summed E-state index contributed by atoms with van der Waals surface area (Å²) in [5.74, 6) is -1.60. The Labute approximate surface area is 144 Å². The second kappa shape index (κ2) is 9.26. The third kappa shape index (κ3) is 7.44. The van der Waals surface area contributed by atoms with E-state index in [9.17, 15) is 14.7 Å². The first-order chi connectivity index (χ1) is 11.2. The maximum absolute atomic E-state index is 11.7. The molecule has 1 N–H and O–H groups in total. The van der Waals surface area contributed by atoms with Gasteiger partial charge < -0.3 is 9.84 Å². The number of carbonyl (C=O) groups is 2. The van der Waals surface area contributed by atoms with Gasteiger partial charge in [-0.3, -0.25) is 4.79 Å². The van der Waals surface area contributed by atoms with Crippen molar-refractivity contribution in [3.63, 3.8) is 0 Å². The Balaban J connectivity index is 2.67. The van der Waals surface area contributed by atoms with Gasteiger partial charge in [-0.2, -0.15) is 0 Å². The Morgan fingerprint density at radius 3 is 2.33 bits per heavy atom. The molecular formula is C20H28O4. The van der Waals surface area contributed by atoms with Crippen LogP contribution in [-0.2, 0) is 14.3 Å². The van der Waals surface area contributed by atoms with Crippen molar-refractivity contribution in [1.29, 1.82) is 0 Å². The molecule has 0 heterocycles. The largest absolute Gasteiger partial charge is 0.481 e. The molecule has 0 fully saturated rings. The molecule has 0 aliphatic rings. The van der Waals surface area contributed by atoms with Crippen LogP contribution in [0.25, 0.3) is 0 Å². The van der Waals surface area contributed by atoms with Crippen LogP contribution in [0.1, 0.15) is 58.4 Å². The highest BCUT2D eigenvalue weighted by Gasteiger charge is 2.22. The molecule has 0 bridgehead atoms. The van der Waals surface area contributed by atoms with Gasteiger partial charge in [-0.05, 0) is 51.5 Å². The minimum atomic E-state index is -0.835. The van der Waals surface area contributed by atoms with Crippen LogP contribution in [0.15, 0.2) is 42.5 Å². The summed E-state index contributed by atoms with van der Waals surface area (Å²) in [5.41, 5.74) is 0.608. The third-order valence-electron chi connectivity index (χ3n) is 3.76. The molecule has 4 heteroatoms. The molecule has 0 aliphatic heterocycles. The summed E-state index contributed by atoms with van der Waals surface area (Å²) < 4.78 is 5.18. The van der Waals surface area contributed by atoms with Gasteiger partial charge in [0.05, 0.1) is 5.92 Å². The highest BCUT2D eigenvalue weighted by atomic mass is 16.6. The van der Waals surface area contributed by atoms with Gasteiger partial charge >= 0.3 is 11.9 Å². The molecular weight excluding hydrogens is 304 g/mol. The smallest absolute Gasteiger partial charge is 0.330 e. The summed E-state index contributed by atoms with van der Waals surface area (Å²) in [6.45, 7) is 7.45. The number of carbonyl (C=O) groups excluding carboxylic acids is 1. The van der Waals surface area contributed by atoms with E-state index in [0.717, 1.165) is 12.0 Å². The number of carboxylic acids is 1. The van der Waals surface area contributed by atoms with Gasteiger partial charge in [0.15, 0.2) is 0 Å². The fourth-order valence-corrected chi connectivity index (χ4v) is 2.57. The van der Waals surface area contributed by atoms with Gasteiger partial charge in [0.25, 0.3) is 0 Å². The fraction of sp³-hybridized carbons (Fsp3) is 0.500. The summed E-state index contributed by atoms with van der Waals surface area (Å²) in [6.07, 6.45) is 4.67. The van der Waals surface area contributed by atoms with Gasteiger partial charge in [0, 0.05) is 6.08 Å². The van der Waals surface area contributed by atoms with E-state index in [1.54, 1.807) is 26.8 Å². The molecule has 1 aromatic rings. The Kier molecular flexibility index (Phi) is 7.69. The quantitative estimate of drug-likeness (QED) is 0.560. The van der Waals surface area contributed by atoms with Gasteiger partial charge in [0.2, 0.25) is 0 Å². The Morgan fingerprint density at radius 2 is 1.83 bits per heavy atom. The van der Waals surface area contributed by atoms with Crippen molar-refractivity contribution >= 4 is 11.9 Å². The Bertz CT molecular complexity index is 555. The predicted molar refractivity (Wildman–Crippen MR) is 94.8 cm³/mol. The monoisotopic (exact) mass is 332 g/mol. The van der Waals surface area contributed by atoms with Crippen molar-refractivity contribution in [1.82, 2.24) is 0 Å². The molecule has 2 atom stereocenters. The number of rotatable bonds is 8. The number of ether oxygens (including phenoxy) is 1. The van der Waals surface area contributed by atoms with Crippen LogP contribution in [-0.4, -0.2) is 22.6 Å². The number of allylic oxidation sites excluding steroid dienone is 1. The van der Waals surface area contributed by atoms with E-state index in [0.29, 0.717) is 12.8 Å². The summed E-state index contributed by atoms with van der Waals surface area (Å²) in [7, 11) is 0. The number of hydrogen-bond acceptors (Lipinski definition) is 3. The molecule has 0 saturated carbocycles. The van der Waals surface area contributed by atoms with Crippen LogP contribution in [0.4, 0.5) is 0 Å². The highest BCUT2D eigenvalue weighted by Crippen LogP contribution is 2.28. The average molecular weight is 332 g/mol. The molecule has 24 heavy (non-hydrogen) atoms. The lowest BCUT2D eigenvalue weighted by Crippen LogP contribution is -2.22. The molecule has 1 aromatic carbocycles. The van der Waals surface area contributed by atoms with Gasteiger partial charge in [-0.25, -0.2) is 4.79 Å². The van der Waals surface area contributed by atoms with Gasteiger partial charge in [-0.15, -0.1) is 0 Å². The standard InChI is InChI=1S/C20H28O4/c1-5-15(16-10-7-6-8-11-16)14-17(19(22)23)12-9-13-18(21)24-20(2,3)4/h6-11,13,15,17H,5,12,14H2,1-4H3,(H,22,23)/b13-9-. The van der Waals surface area contributed by atoms with E-state index in [1.807, 2.05) is 30.3 Å². The SMILES string of the molecule is CCC(CC(C/C=C\C(=O)OC(C)(C)C)C(=O)O)c1ccccc1. The van der Waals surface area contributed by atoms with Crippen LogP contribution in [0.2, 0.25) is 0 Å². The molecule has 0 aromatic heterocycles. The van der Waals surface area contributed by atoms with Crippen LogP contribution >= 0.6 is 0 Å².